The molecule has 6 nitrogen and oxygen atoms in total. The van der Waals surface area contributed by atoms with Crippen molar-refractivity contribution in [2.24, 2.45) is 0 Å². The maximum Gasteiger partial charge on any atom is 0.306 e. The standard InChI is InChI=1S/C52H94O6/c1-4-7-10-13-16-19-21-23-25-26-27-29-30-33-36-39-42-45-51(54)57-48-49(47-56-50(53)44-41-38-35-32-18-15-12-9-6-3)58-52(55)46-43-40-37-34-31-28-24-22-20-17-14-11-8-5-2/h23,25,28,31-32,35,49H,4-22,24,26-27,29-30,33-34,36-48H2,1-3H3/b25-23-,31-28-,35-32-. The van der Waals surface area contributed by atoms with Crippen molar-refractivity contribution in [3.05, 3.63) is 36.5 Å². The largest absolute Gasteiger partial charge is 0.462 e. The van der Waals surface area contributed by atoms with Crippen molar-refractivity contribution in [2.45, 2.75) is 264 Å². The van der Waals surface area contributed by atoms with E-state index in [2.05, 4.69) is 57.2 Å². The Bertz CT molecular complexity index is 984. The van der Waals surface area contributed by atoms with Gasteiger partial charge in [0, 0.05) is 19.3 Å². The molecule has 0 aliphatic heterocycles. The first-order valence-corrected chi connectivity index (χ1v) is 25.0. The van der Waals surface area contributed by atoms with Crippen molar-refractivity contribution in [3.8, 4) is 0 Å². The van der Waals surface area contributed by atoms with Crippen molar-refractivity contribution in [1.29, 1.82) is 0 Å². The highest BCUT2D eigenvalue weighted by molar-refractivity contribution is 5.71. The first kappa shape index (κ1) is 55.6. The summed E-state index contributed by atoms with van der Waals surface area (Å²) in [6.45, 7) is 6.56. The Morgan fingerprint density at radius 1 is 0.328 bits per heavy atom. The van der Waals surface area contributed by atoms with Crippen LogP contribution in [0.2, 0.25) is 0 Å². The molecule has 0 N–H and O–H groups in total. The van der Waals surface area contributed by atoms with E-state index in [1.807, 2.05) is 0 Å². The molecule has 6 heteroatoms. The van der Waals surface area contributed by atoms with Crippen molar-refractivity contribution < 1.29 is 28.6 Å². The predicted octanol–water partition coefficient (Wildman–Crippen LogP) is 16.1. The molecule has 0 saturated heterocycles. The molecule has 338 valence electrons. The number of unbranched alkanes of at least 4 members (excludes halogenated alkanes) is 28. The Labute approximate surface area is 359 Å². The Kier molecular flexibility index (Phi) is 45.4. The van der Waals surface area contributed by atoms with Gasteiger partial charge in [0.1, 0.15) is 13.2 Å². The Balaban J connectivity index is 4.35. The minimum atomic E-state index is -0.789. The number of esters is 3. The quantitative estimate of drug-likeness (QED) is 0.0264. The molecule has 1 atom stereocenters. The maximum atomic E-state index is 12.7. The average Bonchev–Trinajstić information content (AvgIpc) is 3.22. The van der Waals surface area contributed by atoms with Crippen LogP contribution in [-0.2, 0) is 28.6 Å². The summed E-state index contributed by atoms with van der Waals surface area (Å²) in [4.78, 5) is 37.8. The highest BCUT2D eigenvalue weighted by Gasteiger charge is 2.19. The maximum absolute atomic E-state index is 12.7. The van der Waals surface area contributed by atoms with Gasteiger partial charge in [-0.1, -0.05) is 186 Å². The molecule has 0 aromatic carbocycles. The summed E-state index contributed by atoms with van der Waals surface area (Å²) in [5, 5.41) is 0. The topological polar surface area (TPSA) is 78.9 Å². The summed E-state index contributed by atoms with van der Waals surface area (Å²) in [5.74, 6) is -0.940. The summed E-state index contributed by atoms with van der Waals surface area (Å²) in [7, 11) is 0. The molecule has 0 aromatic rings. The van der Waals surface area contributed by atoms with Crippen LogP contribution in [-0.4, -0.2) is 37.2 Å². The van der Waals surface area contributed by atoms with Gasteiger partial charge in [0.05, 0.1) is 0 Å². The van der Waals surface area contributed by atoms with E-state index in [0.717, 1.165) is 70.6 Å². The summed E-state index contributed by atoms with van der Waals surface area (Å²) in [6.07, 6.45) is 54.2. The van der Waals surface area contributed by atoms with E-state index in [9.17, 15) is 14.4 Å². The average molecular weight is 815 g/mol. The third-order valence-electron chi connectivity index (χ3n) is 10.8. The second-order valence-corrected chi connectivity index (χ2v) is 16.7. The SMILES string of the molecule is CCCCCC/C=C\CCCC(=O)OCC(COC(=O)CCCCCCCCC/C=C\CCCCCCCC)OC(=O)CCCCC/C=C\CCCCCCCCC. The number of hydrogen-bond donors (Lipinski definition) is 0. The molecule has 58 heavy (non-hydrogen) atoms. The summed E-state index contributed by atoms with van der Waals surface area (Å²) in [6, 6.07) is 0. The van der Waals surface area contributed by atoms with Crippen LogP contribution in [0, 0.1) is 0 Å². The monoisotopic (exact) mass is 815 g/mol. The van der Waals surface area contributed by atoms with Crippen molar-refractivity contribution >= 4 is 17.9 Å². The van der Waals surface area contributed by atoms with E-state index < -0.39 is 6.10 Å². The fourth-order valence-electron chi connectivity index (χ4n) is 7.02. The van der Waals surface area contributed by atoms with Gasteiger partial charge in [-0.25, -0.2) is 0 Å². The molecule has 0 amide bonds. The van der Waals surface area contributed by atoms with Crippen molar-refractivity contribution in [3.63, 3.8) is 0 Å². The highest BCUT2D eigenvalue weighted by atomic mass is 16.6. The number of allylic oxidation sites excluding steroid dienone is 6. The third kappa shape index (κ3) is 44.7. The van der Waals surface area contributed by atoms with Gasteiger partial charge in [-0.2, -0.15) is 0 Å². The smallest absolute Gasteiger partial charge is 0.306 e. The molecule has 0 heterocycles. The minimum Gasteiger partial charge on any atom is -0.462 e. The zero-order chi connectivity index (χ0) is 42.3. The fraction of sp³-hybridized carbons (Fsp3) is 0.827. The zero-order valence-corrected chi connectivity index (χ0v) is 38.6. The van der Waals surface area contributed by atoms with Crippen LogP contribution in [0.15, 0.2) is 36.5 Å². The first-order valence-electron chi connectivity index (χ1n) is 25.0. The first-order chi connectivity index (χ1) is 28.5. The fourth-order valence-corrected chi connectivity index (χ4v) is 7.02. The Morgan fingerprint density at radius 2 is 0.586 bits per heavy atom. The van der Waals surface area contributed by atoms with Gasteiger partial charge in [0.2, 0.25) is 0 Å². The molecule has 0 aliphatic rings. The number of ether oxygens (including phenoxy) is 3. The summed E-state index contributed by atoms with van der Waals surface area (Å²) >= 11 is 0. The van der Waals surface area contributed by atoms with E-state index in [1.54, 1.807) is 0 Å². The minimum absolute atomic E-state index is 0.0877. The van der Waals surface area contributed by atoms with Gasteiger partial charge in [-0.3, -0.25) is 14.4 Å². The highest BCUT2D eigenvalue weighted by Crippen LogP contribution is 2.14. The van der Waals surface area contributed by atoms with Gasteiger partial charge in [0.15, 0.2) is 6.10 Å². The number of rotatable bonds is 45. The normalized spacial score (nSPS) is 12.3. The van der Waals surface area contributed by atoms with Gasteiger partial charge >= 0.3 is 17.9 Å². The lowest BCUT2D eigenvalue weighted by Crippen LogP contribution is -2.30. The van der Waals surface area contributed by atoms with E-state index >= 15 is 0 Å². The van der Waals surface area contributed by atoms with Crippen LogP contribution in [0.4, 0.5) is 0 Å². The molecule has 1 unspecified atom stereocenters. The van der Waals surface area contributed by atoms with E-state index in [4.69, 9.17) is 14.2 Å². The van der Waals surface area contributed by atoms with Gasteiger partial charge < -0.3 is 14.2 Å². The van der Waals surface area contributed by atoms with Gasteiger partial charge in [0.25, 0.3) is 0 Å². The Morgan fingerprint density at radius 3 is 0.966 bits per heavy atom. The van der Waals surface area contributed by atoms with Gasteiger partial charge in [-0.05, 0) is 89.9 Å². The number of carbonyl (C=O) groups is 3. The number of carbonyl (C=O) groups excluding carboxylic acids is 3. The molecule has 0 rings (SSSR count). The van der Waals surface area contributed by atoms with E-state index in [1.165, 1.54) is 148 Å². The molecular weight excluding hydrogens is 721 g/mol. The molecule has 0 radical (unpaired) electrons. The van der Waals surface area contributed by atoms with Crippen molar-refractivity contribution in [2.75, 3.05) is 13.2 Å². The lowest BCUT2D eigenvalue weighted by molar-refractivity contribution is -0.167. The molecule has 0 saturated carbocycles. The van der Waals surface area contributed by atoms with Crippen LogP contribution in [0.5, 0.6) is 0 Å². The second kappa shape index (κ2) is 47.3. The van der Waals surface area contributed by atoms with Crippen molar-refractivity contribution in [1.82, 2.24) is 0 Å². The third-order valence-corrected chi connectivity index (χ3v) is 10.8. The molecule has 0 bridgehead atoms. The predicted molar refractivity (Wildman–Crippen MR) is 247 cm³/mol. The summed E-state index contributed by atoms with van der Waals surface area (Å²) in [5.41, 5.74) is 0. The second-order valence-electron chi connectivity index (χ2n) is 16.7. The van der Waals surface area contributed by atoms with E-state index in [0.29, 0.717) is 19.3 Å². The number of hydrogen-bond acceptors (Lipinski definition) is 6. The Hall–Kier alpha value is -2.37. The zero-order valence-electron chi connectivity index (χ0n) is 38.6. The van der Waals surface area contributed by atoms with Crippen LogP contribution in [0.1, 0.15) is 258 Å². The lowest BCUT2D eigenvalue weighted by atomic mass is 10.1. The van der Waals surface area contributed by atoms with Gasteiger partial charge in [-0.15, -0.1) is 0 Å². The summed E-state index contributed by atoms with van der Waals surface area (Å²) < 4.78 is 16.7. The van der Waals surface area contributed by atoms with Crippen LogP contribution in [0.3, 0.4) is 0 Å². The molecule has 0 fully saturated rings. The molecule has 0 spiro atoms. The van der Waals surface area contributed by atoms with Crippen LogP contribution < -0.4 is 0 Å². The molecule has 0 aromatic heterocycles. The molecule has 0 aliphatic carbocycles. The van der Waals surface area contributed by atoms with Crippen LogP contribution in [0.25, 0.3) is 0 Å². The lowest BCUT2D eigenvalue weighted by Gasteiger charge is -2.18. The van der Waals surface area contributed by atoms with E-state index in [-0.39, 0.29) is 31.1 Å². The van der Waals surface area contributed by atoms with Crippen LogP contribution >= 0.6 is 0 Å². The molecular formula is C52H94O6.